The van der Waals surface area contributed by atoms with Crippen molar-refractivity contribution in [1.82, 2.24) is 0 Å². The summed E-state index contributed by atoms with van der Waals surface area (Å²) in [6.07, 6.45) is -4.12. The van der Waals surface area contributed by atoms with Crippen molar-refractivity contribution in [3.05, 3.63) is 41.5 Å². The zero-order chi connectivity index (χ0) is 25.8. The van der Waals surface area contributed by atoms with E-state index in [-0.39, 0.29) is 34.5 Å². The molecule has 0 saturated carbocycles. The fourth-order valence-electron chi connectivity index (χ4n) is 4.43. The van der Waals surface area contributed by atoms with Crippen LogP contribution in [0.2, 0.25) is 0 Å². The number of phenolic OH excluding ortho intramolecular Hbond substituents is 1. The van der Waals surface area contributed by atoms with Crippen LogP contribution in [0.1, 0.15) is 36.8 Å². The lowest BCUT2D eigenvalue weighted by Crippen LogP contribution is -2.60. The number of ether oxygens (including phenoxy) is 4. The second-order valence-corrected chi connectivity index (χ2v) is 9.05. The van der Waals surface area contributed by atoms with Gasteiger partial charge >= 0.3 is 0 Å². The standard InChI is InChI=1S/C26H32O10/c1-33-25-18-11-8-15(24(25)36-26-23(32)22(31)21(30)20(13-27)35-26)4-2-3-5-16(28)9-6-14-7-10-17(29)19(12-14)34-18/h7-8,10-12,20-23,26-27,29-32H,2-6,9,13H2,1H3/t20-,21-,22+,23-,26+/m1/s1. The molecule has 0 aromatic heterocycles. The zero-order valence-corrected chi connectivity index (χ0v) is 20.0. The molecule has 2 aromatic rings. The number of aromatic hydroxyl groups is 1. The Kier molecular flexibility index (Phi) is 8.32. The Hall–Kier alpha value is -2.89. The summed E-state index contributed by atoms with van der Waals surface area (Å²) in [6, 6.07) is 8.32. The molecule has 0 radical (unpaired) electrons. The highest BCUT2D eigenvalue weighted by Gasteiger charge is 2.45. The number of hydrogen-bond acceptors (Lipinski definition) is 10. The van der Waals surface area contributed by atoms with E-state index in [1.165, 1.54) is 13.2 Å². The third-order valence-corrected chi connectivity index (χ3v) is 6.53. The van der Waals surface area contributed by atoms with E-state index in [0.29, 0.717) is 44.1 Å². The molecule has 1 fully saturated rings. The van der Waals surface area contributed by atoms with Crippen molar-refractivity contribution >= 4 is 5.78 Å². The molecular weight excluding hydrogens is 472 g/mol. The van der Waals surface area contributed by atoms with Gasteiger partial charge in [-0.2, -0.15) is 0 Å². The van der Waals surface area contributed by atoms with Crippen LogP contribution in [0.3, 0.4) is 0 Å². The van der Waals surface area contributed by atoms with Gasteiger partial charge < -0.3 is 44.5 Å². The van der Waals surface area contributed by atoms with E-state index >= 15 is 0 Å². The molecule has 2 aromatic carbocycles. The molecule has 196 valence electrons. The number of rotatable bonds is 4. The number of Topliss-reactive ketones (excluding diaryl/α,β-unsaturated/α-hetero) is 1. The number of fused-ring (bicyclic) bond motifs is 8. The topological polar surface area (TPSA) is 155 Å². The number of aliphatic hydroxyl groups excluding tert-OH is 4. The van der Waals surface area contributed by atoms with Crippen molar-refractivity contribution in [3.8, 4) is 28.7 Å². The molecule has 1 saturated heterocycles. The van der Waals surface area contributed by atoms with Crippen molar-refractivity contribution in [2.45, 2.75) is 69.2 Å². The minimum absolute atomic E-state index is 0.100. The van der Waals surface area contributed by atoms with Crippen molar-refractivity contribution in [1.29, 1.82) is 0 Å². The quantitative estimate of drug-likeness (QED) is 0.415. The lowest BCUT2D eigenvalue weighted by atomic mass is 9.99. The third-order valence-electron chi connectivity index (χ3n) is 6.53. The Morgan fingerprint density at radius 3 is 2.44 bits per heavy atom. The van der Waals surface area contributed by atoms with Crippen molar-refractivity contribution in [2.75, 3.05) is 13.7 Å². The van der Waals surface area contributed by atoms with Crippen LogP contribution >= 0.6 is 0 Å². The molecule has 3 aliphatic rings. The smallest absolute Gasteiger partial charge is 0.229 e. The highest BCUT2D eigenvalue weighted by Crippen LogP contribution is 2.45. The van der Waals surface area contributed by atoms with Crippen LogP contribution < -0.4 is 14.2 Å². The third kappa shape index (κ3) is 5.58. The number of methoxy groups -OCH3 is 1. The first kappa shape index (κ1) is 26.2. The van der Waals surface area contributed by atoms with Gasteiger partial charge in [-0.1, -0.05) is 12.1 Å². The van der Waals surface area contributed by atoms with Gasteiger partial charge in [0, 0.05) is 12.8 Å². The summed E-state index contributed by atoms with van der Waals surface area (Å²) >= 11 is 0. The summed E-state index contributed by atoms with van der Waals surface area (Å²) in [6.45, 7) is -0.596. The van der Waals surface area contributed by atoms with Crippen LogP contribution in [0.4, 0.5) is 0 Å². The van der Waals surface area contributed by atoms with Gasteiger partial charge in [-0.3, -0.25) is 4.79 Å². The second kappa shape index (κ2) is 11.4. The Morgan fingerprint density at radius 1 is 0.917 bits per heavy atom. The number of hydrogen-bond donors (Lipinski definition) is 5. The summed E-state index contributed by atoms with van der Waals surface area (Å²) in [7, 11) is 1.41. The van der Waals surface area contributed by atoms with Gasteiger partial charge in [0.1, 0.15) is 30.2 Å². The minimum atomic E-state index is -1.61. The lowest BCUT2D eigenvalue weighted by Gasteiger charge is -2.40. The molecule has 5 rings (SSSR count). The van der Waals surface area contributed by atoms with Crippen LogP contribution in [0.15, 0.2) is 30.3 Å². The molecule has 0 spiro atoms. The van der Waals surface area contributed by atoms with E-state index in [0.717, 1.165) is 5.56 Å². The summed E-state index contributed by atoms with van der Waals surface area (Å²) < 4.78 is 23.1. The Morgan fingerprint density at radius 2 is 1.69 bits per heavy atom. The van der Waals surface area contributed by atoms with Gasteiger partial charge in [-0.25, -0.2) is 0 Å². The molecule has 10 heteroatoms. The van der Waals surface area contributed by atoms with Crippen molar-refractivity contribution in [2.24, 2.45) is 0 Å². The van der Waals surface area contributed by atoms with E-state index in [1.54, 1.807) is 24.3 Å². The minimum Gasteiger partial charge on any atom is -0.504 e. The molecule has 3 heterocycles. The number of carbonyl (C=O) groups is 1. The van der Waals surface area contributed by atoms with Crippen LogP contribution in [-0.2, 0) is 22.4 Å². The normalized spacial score (nSPS) is 27.0. The molecule has 3 aliphatic heterocycles. The average molecular weight is 505 g/mol. The van der Waals surface area contributed by atoms with Gasteiger partial charge in [-0.15, -0.1) is 0 Å². The molecule has 0 amide bonds. The highest BCUT2D eigenvalue weighted by molar-refractivity contribution is 5.78. The Labute approximate surface area is 208 Å². The molecule has 0 aliphatic carbocycles. The van der Waals surface area contributed by atoms with Crippen LogP contribution in [0.25, 0.3) is 0 Å². The number of aryl methyl sites for hydroxylation is 2. The second-order valence-electron chi connectivity index (χ2n) is 9.05. The molecular formula is C26H32O10. The fraction of sp³-hybridized carbons (Fsp3) is 0.500. The lowest BCUT2D eigenvalue weighted by molar-refractivity contribution is -0.277. The first-order chi connectivity index (χ1) is 17.3. The number of aliphatic hydroxyl groups is 4. The molecule has 36 heavy (non-hydrogen) atoms. The monoisotopic (exact) mass is 504 g/mol. The summed E-state index contributed by atoms with van der Waals surface area (Å²) in [5, 5.41) is 50.7. The first-order valence-corrected chi connectivity index (χ1v) is 12.0. The SMILES string of the molecule is COc1c2ccc(c1O[C@@H]1O[C@H](CO)[C@@H](O)[C@H](O)[C@H]1O)CCCCC(=O)CCc1ccc(O)c(c1)O2. The van der Waals surface area contributed by atoms with Crippen LogP contribution in [0.5, 0.6) is 28.7 Å². The van der Waals surface area contributed by atoms with Gasteiger partial charge in [-0.05, 0) is 55.0 Å². The van der Waals surface area contributed by atoms with Gasteiger partial charge in [0.2, 0.25) is 12.0 Å². The molecule has 5 atom stereocenters. The van der Waals surface area contributed by atoms with Crippen molar-refractivity contribution in [3.63, 3.8) is 0 Å². The van der Waals surface area contributed by atoms with Crippen LogP contribution in [0, 0.1) is 0 Å². The number of ketones is 1. The molecule has 5 N–H and O–H groups in total. The largest absolute Gasteiger partial charge is 0.504 e. The predicted octanol–water partition coefficient (Wildman–Crippen LogP) is 1.60. The summed E-state index contributed by atoms with van der Waals surface area (Å²) in [5.74, 6) is 0.776. The predicted molar refractivity (Wildman–Crippen MR) is 126 cm³/mol. The molecule has 0 unspecified atom stereocenters. The van der Waals surface area contributed by atoms with E-state index in [9.17, 15) is 30.3 Å². The maximum atomic E-state index is 12.4. The van der Waals surface area contributed by atoms with E-state index in [1.807, 2.05) is 0 Å². The maximum Gasteiger partial charge on any atom is 0.229 e. The summed E-state index contributed by atoms with van der Waals surface area (Å²) in [4.78, 5) is 12.4. The maximum absolute atomic E-state index is 12.4. The van der Waals surface area contributed by atoms with Crippen LogP contribution in [-0.4, -0.2) is 75.7 Å². The number of phenols is 1. The highest BCUT2D eigenvalue weighted by atomic mass is 16.7. The molecule has 4 bridgehead atoms. The first-order valence-electron chi connectivity index (χ1n) is 12.0. The average Bonchev–Trinajstić information content (AvgIpc) is 2.88. The van der Waals surface area contributed by atoms with Gasteiger partial charge in [0.25, 0.3) is 0 Å². The zero-order valence-electron chi connectivity index (χ0n) is 20.0. The molecule has 10 nitrogen and oxygen atoms in total. The fourth-order valence-corrected chi connectivity index (χ4v) is 4.43. The van der Waals surface area contributed by atoms with E-state index in [4.69, 9.17) is 18.9 Å². The number of carbonyl (C=O) groups excluding carboxylic acids is 1. The van der Waals surface area contributed by atoms with E-state index in [2.05, 4.69) is 0 Å². The summed E-state index contributed by atoms with van der Waals surface area (Å²) in [5.41, 5.74) is 1.51. The van der Waals surface area contributed by atoms with Crippen molar-refractivity contribution < 1.29 is 49.3 Å². The van der Waals surface area contributed by atoms with Gasteiger partial charge in [0.15, 0.2) is 23.0 Å². The van der Waals surface area contributed by atoms with Gasteiger partial charge in [0.05, 0.1) is 13.7 Å². The van der Waals surface area contributed by atoms with E-state index < -0.39 is 37.3 Å². The number of benzene rings is 2. The Balaban J connectivity index is 1.74. The Bertz CT molecular complexity index is 1070.